The predicted molar refractivity (Wildman–Crippen MR) is 256 cm³/mol. The maximum absolute atomic E-state index is 16.4. The van der Waals surface area contributed by atoms with Crippen LogP contribution in [0.15, 0.2) is 84.3 Å². The molecular weight excluding hydrogens is 928 g/mol. The van der Waals surface area contributed by atoms with Crippen molar-refractivity contribution in [2.24, 2.45) is 10.3 Å². The Balaban J connectivity index is 1.05. The number of benzene rings is 3. The molecule has 3 aromatic carbocycles. The lowest BCUT2D eigenvalue weighted by Crippen LogP contribution is -2.41. The monoisotopic (exact) mass is 979 g/mol. The first kappa shape index (κ1) is 45.3. The Morgan fingerprint density at radius 1 is 0.971 bits per heavy atom. The smallest absolute Gasteiger partial charge is 0.376 e. The minimum atomic E-state index is -2.98. The van der Waals surface area contributed by atoms with Crippen LogP contribution in [0, 0.1) is 31.4 Å². The molecule has 0 spiro atoms. The highest BCUT2D eigenvalue weighted by molar-refractivity contribution is 7.94. The molecule has 15 nitrogen and oxygen atoms in total. The average molecular weight is 981 g/mol. The number of hydrogen-bond donors (Lipinski definition) is 1. The summed E-state index contributed by atoms with van der Waals surface area (Å²) in [5.41, 5.74) is 2.74. The second-order valence-electron chi connectivity index (χ2n) is 19.9. The Bertz CT molecular complexity index is 3530. The summed E-state index contributed by atoms with van der Waals surface area (Å²) < 4.78 is 66.7. The van der Waals surface area contributed by atoms with Crippen molar-refractivity contribution >= 4 is 38.1 Å². The van der Waals surface area contributed by atoms with Crippen molar-refractivity contribution in [2.45, 2.75) is 113 Å². The van der Waals surface area contributed by atoms with Gasteiger partial charge in [-0.05, 0) is 138 Å². The van der Waals surface area contributed by atoms with E-state index in [1.165, 1.54) is 36.1 Å². The van der Waals surface area contributed by atoms with Gasteiger partial charge in [0, 0.05) is 60.7 Å². The summed E-state index contributed by atoms with van der Waals surface area (Å²) >= 11 is 6.62. The SMILES string of the molecule is CN=[S@@](=O)(c1ccc(-n2ccn(-c3c4c(nn3-c3cc(C)c(F)c(C)c3)CCN(C(=O)c3cc5cc([C@H]6CCOC(C)(C)C6)ccc5n3[C@@]3(c5noc(=O)[nH]5)C[C@@H]3C)[C@H]4C)c2=O)c(F)c1Cl)C1CC1. The van der Waals surface area contributed by atoms with Crippen molar-refractivity contribution in [1.29, 1.82) is 0 Å². The van der Waals surface area contributed by atoms with E-state index in [0.29, 0.717) is 71.9 Å². The van der Waals surface area contributed by atoms with Gasteiger partial charge in [-0.3, -0.25) is 23.4 Å². The van der Waals surface area contributed by atoms with Crippen LogP contribution in [0.1, 0.15) is 116 Å². The van der Waals surface area contributed by atoms with Gasteiger partial charge in [0.15, 0.2) is 11.6 Å². The standard InChI is InChI=1S/C50H52ClF2N9O6S/c1-26-20-33(21-27(2)42(26)52)62-44(60-18-17-59(48(60)65)37-12-13-39(41(51)43(37)53)69(66,54-7)34-9-10-34)40-29(4)58(16-14-35(40)56-62)45(63)38-23-32-22-30(31-15-19-67-49(5,6)25-31)8-11-36(32)61(38)50(24-28(50)3)46-55-47(64)68-57-46/h8,11-13,17-18,20-23,28-29,31,34H,9-10,14-16,19,24-25H2,1-7H3,(H,55,57,64)/t28-,29-,31-,50-,69-/m0/s1. The molecule has 2 aliphatic carbocycles. The fourth-order valence-corrected chi connectivity index (χ4v) is 13.9. The van der Waals surface area contributed by atoms with Crippen LogP contribution in [0.5, 0.6) is 0 Å². The van der Waals surface area contributed by atoms with Gasteiger partial charge in [-0.25, -0.2) is 31.6 Å². The normalized spacial score (nSPS) is 23.0. The molecule has 4 aromatic heterocycles. The minimum absolute atomic E-state index is 0.0232. The molecule has 69 heavy (non-hydrogen) atoms. The van der Waals surface area contributed by atoms with Crippen LogP contribution in [0.25, 0.3) is 28.1 Å². The van der Waals surface area contributed by atoms with Crippen molar-refractivity contribution in [2.75, 3.05) is 20.2 Å². The zero-order valence-electron chi connectivity index (χ0n) is 39.3. The van der Waals surface area contributed by atoms with E-state index in [2.05, 4.69) is 40.5 Å². The third-order valence-corrected chi connectivity index (χ3v) is 18.3. The molecule has 3 fully saturated rings. The Kier molecular flexibility index (Phi) is 10.5. The number of nitrogens with zero attached hydrogens (tertiary/aromatic N) is 8. The largest absolute Gasteiger partial charge is 0.438 e. The number of nitrogens with one attached hydrogen (secondary N) is 1. The van der Waals surface area contributed by atoms with E-state index in [-0.39, 0.29) is 62.4 Å². The van der Waals surface area contributed by atoms with Gasteiger partial charge in [0.25, 0.3) is 5.91 Å². The minimum Gasteiger partial charge on any atom is -0.376 e. The lowest BCUT2D eigenvalue weighted by atomic mass is 9.83. The van der Waals surface area contributed by atoms with Crippen molar-refractivity contribution in [1.82, 2.24) is 38.5 Å². The van der Waals surface area contributed by atoms with Crippen molar-refractivity contribution in [3.63, 3.8) is 0 Å². The summed E-state index contributed by atoms with van der Waals surface area (Å²) in [6.07, 6.45) is 6.89. The summed E-state index contributed by atoms with van der Waals surface area (Å²) in [4.78, 5) is 47.5. The third-order valence-electron chi connectivity index (χ3n) is 15.0. The number of carbonyl (C=O) groups is 1. The molecule has 360 valence electrons. The van der Waals surface area contributed by atoms with Gasteiger partial charge in [-0.2, -0.15) is 5.10 Å². The number of halogens is 3. The quantitative estimate of drug-likeness (QED) is 0.150. The van der Waals surface area contributed by atoms with Gasteiger partial charge < -0.3 is 14.2 Å². The van der Waals surface area contributed by atoms with E-state index in [4.69, 9.17) is 26.0 Å². The molecule has 11 rings (SSSR count). The summed E-state index contributed by atoms with van der Waals surface area (Å²) in [5, 5.41) is 9.49. The average Bonchev–Trinajstić information content (AvgIpc) is 4.05. The number of carbonyl (C=O) groups excluding carboxylic acids is 1. The van der Waals surface area contributed by atoms with E-state index >= 15 is 13.6 Å². The first-order chi connectivity index (χ1) is 32.9. The maximum Gasteiger partial charge on any atom is 0.438 e. The van der Waals surface area contributed by atoms with Crippen LogP contribution in [0.4, 0.5) is 8.78 Å². The number of imidazole rings is 1. The molecule has 19 heteroatoms. The number of hydrogen-bond acceptors (Lipinski definition) is 9. The molecule has 5 atom stereocenters. The zero-order valence-corrected chi connectivity index (χ0v) is 40.9. The lowest BCUT2D eigenvalue weighted by molar-refractivity contribution is -0.0592. The van der Waals surface area contributed by atoms with Gasteiger partial charge in [0.05, 0.1) is 48.4 Å². The van der Waals surface area contributed by atoms with E-state index in [9.17, 15) is 13.8 Å². The predicted octanol–water partition coefficient (Wildman–Crippen LogP) is 8.83. The van der Waals surface area contributed by atoms with Crippen molar-refractivity contribution in [3.8, 4) is 17.2 Å². The van der Waals surface area contributed by atoms with Crippen LogP contribution in [0.2, 0.25) is 5.02 Å². The number of ether oxygens (including phenoxy) is 1. The second kappa shape index (κ2) is 16.0. The summed E-state index contributed by atoms with van der Waals surface area (Å²) in [6, 6.07) is 13.7. The number of amides is 1. The highest BCUT2D eigenvalue weighted by Gasteiger charge is 2.59. The summed E-state index contributed by atoms with van der Waals surface area (Å²) in [6.45, 7) is 12.3. The Morgan fingerprint density at radius 2 is 1.70 bits per heavy atom. The first-order valence-electron chi connectivity index (χ1n) is 23.4. The van der Waals surface area contributed by atoms with Gasteiger partial charge >= 0.3 is 11.4 Å². The number of aryl methyl sites for hydroxylation is 2. The molecule has 0 radical (unpaired) electrons. The fourth-order valence-electron chi connectivity index (χ4n) is 11.2. The topological polar surface area (TPSA) is 168 Å². The van der Waals surface area contributed by atoms with Gasteiger partial charge in [-0.1, -0.05) is 29.7 Å². The number of H-pyrrole nitrogens is 1. The molecule has 2 saturated carbocycles. The number of rotatable bonds is 9. The highest BCUT2D eigenvalue weighted by Crippen LogP contribution is 2.56. The molecule has 6 heterocycles. The molecule has 1 N–H and O–H groups in total. The molecule has 0 unspecified atom stereocenters. The second-order valence-corrected chi connectivity index (χ2v) is 22.8. The van der Waals surface area contributed by atoms with E-state index < -0.39 is 38.6 Å². The molecule has 7 aromatic rings. The molecule has 1 amide bonds. The van der Waals surface area contributed by atoms with Crippen LogP contribution in [-0.4, -0.2) is 79.7 Å². The zero-order chi connectivity index (χ0) is 48.6. The number of aromatic nitrogens is 7. The summed E-state index contributed by atoms with van der Waals surface area (Å²) in [7, 11) is -1.54. The van der Waals surface area contributed by atoms with Crippen molar-refractivity contribution in [3.05, 3.63) is 138 Å². The molecule has 2 aliphatic heterocycles. The Hall–Kier alpha value is -6.11. The van der Waals surface area contributed by atoms with Crippen LogP contribution >= 0.6 is 11.6 Å². The van der Waals surface area contributed by atoms with Gasteiger partial charge in [-0.15, -0.1) is 0 Å². The van der Waals surface area contributed by atoms with Crippen LogP contribution in [-0.2, 0) is 26.4 Å². The van der Waals surface area contributed by atoms with E-state index in [0.717, 1.165) is 33.9 Å². The lowest BCUT2D eigenvalue weighted by Gasteiger charge is -2.35. The molecule has 0 bridgehead atoms. The van der Waals surface area contributed by atoms with Crippen LogP contribution < -0.4 is 11.4 Å². The summed E-state index contributed by atoms with van der Waals surface area (Å²) in [5.74, 6) is -1.44. The van der Waals surface area contributed by atoms with E-state index in [1.807, 2.05) is 30.5 Å². The Labute approximate surface area is 401 Å². The first-order valence-corrected chi connectivity index (χ1v) is 25.3. The van der Waals surface area contributed by atoms with Crippen LogP contribution in [0.3, 0.4) is 0 Å². The number of fused-ring (bicyclic) bond motifs is 2. The molecule has 1 saturated heterocycles. The van der Waals surface area contributed by atoms with Gasteiger partial charge in [0.2, 0.25) is 0 Å². The highest BCUT2D eigenvalue weighted by atomic mass is 35.5. The molecule has 4 aliphatic rings. The third kappa shape index (κ3) is 7.01. The van der Waals surface area contributed by atoms with Gasteiger partial charge in [0.1, 0.15) is 22.9 Å². The Morgan fingerprint density at radius 3 is 2.35 bits per heavy atom. The fraction of sp³-hybridized carbons (Fsp3) is 0.420. The molecular formula is C50H52ClF2N9O6S. The van der Waals surface area contributed by atoms with Crippen molar-refractivity contribution < 1.29 is 27.0 Å². The van der Waals surface area contributed by atoms with E-state index in [1.54, 1.807) is 35.6 Å². The maximum atomic E-state index is 16.4. The number of aromatic amines is 1.